The second-order valence-electron chi connectivity index (χ2n) is 4.46. The van der Waals surface area contributed by atoms with E-state index >= 15 is 0 Å². The van der Waals surface area contributed by atoms with Crippen LogP contribution in [0.1, 0.15) is 6.92 Å². The van der Waals surface area contributed by atoms with Gasteiger partial charge in [-0.1, -0.05) is 18.2 Å². The normalized spacial score (nSPS) is 12.2. The van der Waals surface area contributed by atoms with Crippen molar-refractivity contribution < 1.29 is 14.6 Å². The van der Waals surface area contributed by atoms with E-state index in [-0.39, 0.29) is 25.1 Å². The van der Waals surface area contributed by atoms with Gasteiger partial charge in [-0.15, -0.1) is 0 Å². The highest BCUT2D eigenvalue weighted by molar-refractivity contribution is 5.77. The van der Waals surface area contributed by atoms with Crippen LogP contribution < -0.4 is 10.1 Å². The molecular weight excluding hydrogens is 244 g/mol. The Morgan fingerprint density at radius 2 is 2.11 bits per heavy atom. The largest absolute Gasteiger partial charge is 0.492 e. The van der Waals surface area contributed by atoms with Gasteiger partial charge in [0.2, 0.25) is 5.91 Å². The van der Waals surface area contributed by atoms with Gasteiger partial charge in [0.05, 0.1) is 19.7 Å². The van der Waals surface area contributed by atoms with E-state index in [1.165, 1.54) is 0 Å². The Morgan fingerprint density at radius 1 is 1.42 bits per heavy atom. The number of hydrogen-bond donors (Lipinski definition) is 2. The number of carbonyl (C=O) groups excluding carboxylic acids is 1. The molecular formula is C14H22N2O3. The van der Waals surface area contributed by atoms with Crippen LogP contribution in [0.4, 0.5) is 0 Å². The van der Waals surface area contributed by atoms with Crippen molar-refractivity contribution in [3.63, 3.8) is 0 Å². The first-order valence-electron chi connectivity index (χ1n) is 6.39. The van der Waals surface area contributed by atoms with Crippen molar-refractivity contribution in [1.29, 1.82) is 0 Å². The van der Waals surface area contributed by atoms with Crippen LogP contribution in [0.15, 0.2) is 30.3 Å². The summed E-state index contributed by atoms with van der Waals surface area (Å²) in [6.45, 7) is 3.09. The Labute approximate surface area is 114 Å². The molecule has 1 aromatic rings. The van der Waals surface area contributed by atoms with Crippen molar-refractivity contribution >= 4 is 5.91 Å². The topological polar surface area (TPSA) is 61.8 Å². The van der Waals surface area contributed by atoms with E-state index in [0.29, 0.717) is 13.2 Å². The lowest BCUT2D eigenvalue weighted by Gasteiger charge is -2.21. The summed E-state index contributed by atoms with van der Waals surface area (Å²) in [5.41, 5.74) is 0. The molecule has 1 unspecified atom stereocenters. The molecule has 0 fully saturated rings. The Bertz CT molecular complexity index is 370. The Kier molecular flexibility index (Phi) is 6.92. The maximum absolute atomic E-state index is 11.6. The number of aliphatic hydroxyl groups excluding tert-OH is 1. The van der Waals surface area contributed by atoms with Crippen molar-refractivity contribution in [3.8, 4) is 5.75 Å². The summed E-state index contributed by atoms with van der Waals surface area (Å²) in [5.74, 6) is 0.724. The lowest BCUT2D eigenvalue weighted by atomic mass is 10.3. The number of para-hydroxylation sites is 1. The molecule has 2 N–H and O–H groups in total. The summed E-state index contributed by atoms with van der Waals surface area (Å²) in [6.07, 6.45) is 0. The minimum atomic E-state index is -0.0699. The summed E-state index contributed by atoms with van der Waals surface area (Å²) in [4.78, 5) is 13.4. The number of nitrogens with zero attached hydrogens (tertiary/aromatic N) is 1. The summed E-state index contributed by atoms with van der Waals surface area (Å²) < 4.78 is 5.46. The molecule has 106 valence electrons. The fourth-order valence-electron chi connectivity index (χ4n) is 1.45. The first kappa shape index (κ1) is 15.5. The molecule has 19 heavy (non-hydrogen) atoms. The first-order chi connectivity index (χ1) is 9.13. The maximum Gasteiger partial charge on any atom is 0.234 e. The molecule has 0 heterocycles. The zero-order valence-electron chi connectivity index (χ0n) is 11.5. The molecule has 0 saturated heterocycles. The Morgan fingerprint density at radius 3 is 2.74 bits per heavy atom. The standard InChI is InChI=1S/C14H22N2O3/c1-12(11-17)16(2)10-14(18)15-8-9-19-13-6-4-3-5-7-13/h3-7,12,17H,8-11H2,1-2H3,(H,15,18). The van der Waals surface area contributed by atoms with Gasteiger partial charge in [0, 0.05) is 6.04 Å². The maximum atomic E-state index is 11.6. The average Bonchev–Trinajstić information content (AvgIpc) is 2.43. The molecule has 0 bridgehead atoms. The zero-order valence-corrected chi connectivity index (χ0v) is 11.5. The number of amides is 1. The molecule has 0 aromatic heterocycles. The number of likely N-dealkylation sites (N-methyl/N-ethyl adjacent to an activating group) is 1. The molecule has 0 aliphatic rings. The third kappa shape index (κ3) is 6.22. The van der Waals surface area contributed by atoms with Gasteiger partial charge in [-0.3, -0.25) is 9.69 Å². The predicted molar refractivity (Wildman–Crippen MR) is 74.1 cm³/mol. The van der Waals surface area contributed by atoms with E-state index in [9.17, 15) is 4.79 Å². The van der Waals surface area contributed by atoms with E-state index in [1.807, 2.05) is 37.3 Å². The summed E-state index contributed by atoms with van der Waals surface area (Å²) in [6, 6.07) is 9.45. The molecule has 0 aliphatic heterocycles. The SMILES string of the molecule is CC(CO)N(C)CC(=O)NCCOc1ccccc1. The number of ether oxygens (including phenoxy) is 1. The second-order valence-corrected chi connectivity index (χ2v) is 4.46. The minimum absolute atomic E-state index is 0.0219. The van der Waals surface area contributed by atoms with Crippen LogP contribution in [-0.2, 0) is 4.79 Å². The number of carbonyl (C=O) groups is 1. The fraction of sp³-hybridized carbons (Fsp3) is 0.500. The van der Waals surface area contributed by atoms with Gasteiger partial charge in [0.25, 0.3) is 0 Å². The van der Waals surface area contributed by atoms with Gasteiger partial charge in [0.15, 0.2) is 0 Å². The van der Waals surface area contributed by atoms with Crippen molar-refractivity contribution in [2.24, 2.45) is 0 Å². The van der Waals surface area contributed by atoms with Crippen molar-refractivity contribution in [2.45, 2.75) is 13.0 Å². The van der Waals surface area contributed by atoms with E-state index in [4.69, 9.17) is 9.84 Å². The third-order valence-electron chi connectivity index (χ3n) is 2.85. The number of benzene rings is 1. The highest BCUT2D eigenvalue weighted by atomic mass is 16.5. The average molecular weight is 266 g/mol. The highest BCUT2D eigenvalue weighted by Gasteiger charge is 2.11. The van der Waals surface area contributed by atoms with E-state index in [2.05, 4.69) is 5.32 Å². The number of aliphatic hydroxyl groups is 1. The first-order valence-corrected chi connectivity index (χ1v) is 6.39. The van der Waals surface area contributed by atoms with Crippen molar-refractivity contribution in [1.82, 2.24) is 10.2 Å². The third-order valence-corrected chi connectivity index (χ3v) is 2.85. The quantitative estimate of drug-likeness (QED) is 0.672. The van der Waals surface area contributed by atoms with Gasteiger partial charge >= 0.3 is 0 Å². The Hall–Kier alpha value is -1.59. The number of nitrogens with one attached hydrogen (secondary N) is 1. The molecule has 1 atom stereocenters. The monoisotopic (exact) mass is 266 g/mol. The molecule has 0 aliphatic carbocycles. The molecule has 5 nitrogen and oxygen atoms in total. The summed E-state index contributed by atoms with van der Waals surface area (Å²) in [7, 11) is 1.81. The number of rotatable bonds is 8. The zero-order chi connectivity index (χ0) is 14.1. The highest BCUT2D eigenvalue weighted by Crippen LogP contribution is 2.07. The molecule has 1 aromatic carbocycles. The second kappa shape index (κ2) is 8.50. The molecule has 0 saturated carbocycles. The number of hydrogen-bond acceptors (Lipinski definition) is 4. The molecule has 0 spiro atoms. The Balaban J connectivity index is 2.14. The van der Waals surface area contributed by atoms with Gasteiger partial charge in [0.1, 0.15) is 12.4 Å². The van der Waals surface area contributed by atoms with Crippen LogP contribution in [0.25, 0.3) is 0 Å². The van der Waals surface area contributed by atoms with Crippen LogP contribution in [0, 0.1) is 0 Å². The molecule has 5 heteroatoms. The fourth-order valence-corrected chi connectivity index (χ4v) is 1.45. The lowest BCUT2D eigenvalue weighted by Crippen LogP contribution is -2.41. The summed E-state index contributed by atoms with van der Waals surface area (Å²) in [5, 5.41) is 11.7. The molecule has 1 rings (SSSR count). The lowest BCUT2D eigenvalue weighted by molar-refractivity contribution is -0.122. The minimum Gasteiger partial charge on any atom is -0.492 e. The van der Waals surface area contributed by atoms with Gasteiger partial charge < -0.3 is 15.2 Å². The van der Waals surface area contributed by atoms with E-state index in [0.717, 1.165) is 5.75 Å². The summed E-state index contributed by atoms with van der Waals surface area (Å²) >= 11 is 0. The van der Waals surface area contributed by atoms with Crippen LogP contribution >= 0.6 is 0 Å². The van der Waals surface area contributed by atoms with Crippen LogP contribution in [-0.4, -0.2) is 55.3 Å². The van der Waals surface area contributed by atoms with Gasteiger partial charge in [-0.05, 0) is 26.1 Å². The van der Waals surface area contributed by atoms with Crippen molar-refractivity contribution in [2.75, 3.05) is 33.4 Å². The van der Waals surface area contributed by atoms with E-state index < -0.39 is 0 Å². The van der Waals surface area contributed by atoms with Crippen LogP contribution in [0.5, 0.6) is 5.75 Å². The van der Waals surface area contributed by atoms with Crippen LogP contribution in [0.3, 0.4) is 0 Å². The van der Waals surface area contributed by atoms with Gasteiger partial charge in [-0.2, -0.15) is 0 Å². The predicted octanol–water partition coefficient (Wildman–Crippen LogP) is 0.494. The van der Waals surface area contributed by atoms with E-state index in [1.54, 1.807) is 11.9 Å². The molecule has 1 amide bonds. The molecule has 0 radical (unpaired) electrons. The van der Waals surface area contributed by atoms with Gasteiger partial charge in [-0.25, -0.2) is 0 Å². The van der Waals surface area contributed by atoms with Crippen molar-refractivity contribution in [3.05, 3.63) is 30.3 Å². The smallest absolute Gasteiger partial charge is 0.234 e. The van der Waals surface area contributed by atoms with Crippen LogP contribution in [0.2, 0.25) is 0 Å².